The average molecular weight is 280 g/mol. The standard InChI is InChI=1S/C14H18ClN3O/c15-10-5-6-12(16)17-13(10)14(19)18-8-7-9-3-1-2-4-11(9)18/h5-6,9,11H,1-4,7-8H2,(H2,16,17). The highest BCUT2D eigenvalue weighted by Crippen LogP contribution is 2.37. The van der Waals surface area contributed by atoms with Gasteiger partial charge in [-0.15, -0.1) is 0 Å². The van der Waals surface area contributed by atoms with Crippen LogP contribution in [-0.2, 0) is 0 Å². The van der Waals surface area contributed by atoms with Crippen LogP contribution in [0.5, 0.6) is 0 Å². The molecule has 5 heteroatoms. The molecule has 1 aromatic rings. The van der Waals surface area contributed by atoms with E-state index >= 15 is 0 Å². The summed E-state index contributed by atoms with van der Waals surface area (Å²) < 4.78 is 0. The largest absolute Gasteiger partial charge is 0.384 e. The zero-order valence-electron chi connectivity index (χ0n) is 10.8. The number of likely N-dealkylation sites (tertiary alicyclic amines) is 1. The number of nitrogen functional groups attached to an aromatic ring is 1. The number of halogens is 1. The number of hydrogen-bond acceptors (Lipinski definition) is 3. The van der Waals surface area contributed by atoms with Gasteiger partial charge in [-0.3, -0.25) is 4.79 Å². The van der Waals surface area contributed by atoms with Crippen molar-refractivity contribution in [3.63, 3.8) is 0 Å². The first-order valence-corrected chi connectivity index (χ1v) is 7.27. The van der Waals surface area contributed by atoms with Crippen LogP contribution in [0.15, 0.2) is 12.1 Å². The maximum atomic E-state index is 12.6. The highest BCUT2D eigenvalue weighted by molar-refractivity contribution is 6.33. The van der Waals surface area contributed by atoms with Gasteiger partial charge in [-0.05, 0) is 37.3 Å². The van der Waals surface area contributed by atoms with Crippen LogP contribution in [-0.4, -0.2) is 28.4 Å². The van der Waals surface area contributed by atoms with E-state index in [4.69, 9.17) is 17.3 Å². The monoisotopic (exact) mass is 279 g/mol. The number of nitrogens with zero attached hydrogens (tertiary/aromatic N) is 2. The molecule has 3 rings (SSSR count). The topological polar surface area (TPSA) is 59.2 Å². The summed E-state index contributed by atoms with van der Waals surface area (Å²) in [6, 6.07) is 3.64. The van der Waals surface area contributed by atoms with Crippen molar-refractivity contribution in [2.45, 2.75) is 38.1 Å². The third kappa shape index (κ3) is 2.29. The fraction of sp³-hybridized carbons (Fsp3) is 0.571. The second-order valence-electron chi connectivity index (χ2n) is 5.47. The first kappa shape index (κ1) is 12.7. The number of fused-ring (bicyclic) bond motifs is 1. The lowest BCUT2D eigenvalue weighted by molar-refractivity contribution is 0.0684. The lowest BCUT2D eigenvalue weighted by Gasteiger charge is -2.31. The number of carbonyl (C=O) groups is 1. The molecule has 0 aromatic carbocycles. The smallest absolute Gasteiger partial charge is 0.274 e. The van der Waals surface area contributed by atoms with Crippen LogP contribution in [0.4, 0.5) is 5.82 Å². The van der Waals surface area contributed by atoms with Crippen molar-refractivity contribution >= 4 is 23.3 Å². The van der Waals surface area contributed by atoms with Crippen LogP contribution in [0.25, 0.3) is 0 Å². The van der Waals surface area contributed by atoms with Crippen molar-refractivity contribution in [1.29, 1.82) is 0 Å². The predicted octanol–water partition coefficient (Wildman–Crippen LogP) is 2.72. The summed E-state index contributed by atoms with van der Waals surface area (Å²) in [5, 5.41) is 0.387. The van der Waals surface area contributed by atoms with Gasteiger partial charge in [-0.2, -0.15) is 0 Å². The molecule has 2 N–H and O–H groups in total. The van der Waals surface area contributed by atoms with E-state index in [1.165, 1.54) is 19.3 Å². The Labute approximate surface area is 117 Å². The molecule has 0 bridgehead atoms. The van der Waals surface area contributed by atoms with E-state index in [0.29, 0.717) is 28.5 Å². The fourth-order valence-electron chi connectivity index (χ4n) is 3.40. The Bertz CT molecular complexity index is 505. The third-order valence-electron chi connectivity index (χ3n) is 4.34. The number of hydrogen-bond donors (Lipinski definition) is 1. The van der Waals surface area contributed by atoms with Gasteiger partial charge in [0.25, 0.3) is 5.91 Å². The van der Waals surface area contributed by atoms with E-state index in [1.807, 2.05) is 4.90 Å². The van der Waals surface area contributed by atoms with Crippen LogP contribution < -0.4 is 5.73 Å². The molecule has 2 atom stereocenters. The lowest BCUT2D eigenvalue weighted by Crippen LogP contribution is -2.39. The van der Waals surface area contributed by atoms with Crippen LogP contribution in [0.2, 0.25) is 5.02 Å². The Morgan fingerprint density at radius 1 is 1.32 bits per heavy atom. The van der Waals surface area contributed by atoms with Gasteiger partial charge >= 0.3 is 0 Å². The first-order chi connectivity index (χ1) is 9.16. The molecule has 1 aliphatic heterocycles. The minimum atomic E-state index is -0.0632. The van der Waals surface area contributed by atoms with Gasteiger partial charge in [-0.25, -0.2) is 4.98 Å². The maximum absolute atomic E-state index is 12.6. The number of carbonyl (C=O) groups excluding carboxylic acids is 1. The number of pyridine rings is 1. The van der Waals surface area contributed by atoms with Crippen molar-refractivity contribution in [3.8, 4) is 0 Å². The molecule has 2 aliphatic rings. The second-order valence-corrected chi connectivity index (χ2v) is 5.87. The molecule has 1 aromatic heterocycles. The second kappa shape index (κ2) is 5.00. The van der Waals surface area contributed by atoms with Crippen LogP contribution in [0, 0.1) is 5.92 Å². The summed E-state index contributed by atoms with van der Waals surface area (Å²) in [7, 11) is 0. The Morgan fingerprint density at radius 3 is 2.95 bits per heavy atom. The maximum Gasteiger partial charge on any atom is 0.274 e. The van der Waals surface area contributed by atoms with Crippen LogP contribution in [0.3, 0.4) is 0 Å². The summed E-state index contributed by atoms with van der Waals surface area (Å²) >= 11 is 6.08. The molecule has 2 fully saturated rings. The summed E-state index contributed by atoms with van der Waals surface area (Å²) in [4.78, 5) is 18.7. The van der Waals surface area contributed by atoms with Gasteiger partial charge in [-0.1, -0.05) is 24.4 Å². The molecular weight excluding hydrogens is 262 g/mol. The Hall–Kier alpha value is -1.29. The Morgan fingerprint density at radius 2 is 2.11 bits per heavy atom. The Kier molecular flexibility index (Phi) is 3.35. The number of amides is 1. The number of anilines is 1. The summed E-state index contributed by atoms with van der Waals surface area (Å²) in [5.41, 5.74) is 5.95. The van der Waals surface area contributed by atoms with Gasteiger partial charge in [0.2, 0.25) is 0 Å². The van der Waals surface area contributed by atoms with Crippen molar-refractivity contribution in [2.75, 3.05) is 12.3 Å². The highest BCUT2D eigenvalue weighted by atomic mass is 35.5. The molecule has 1 aliphatic carbocycles. The van der Waals surface area contributed by atoms with Gasteiger partial charge < -0.3 is 10.6 Å². The number of nitrogens with two attached hydrogens (primary N) is 1. The zero-order chi connectivity index (χ0) is 13.4. The lowest BCUT2D eigenvalue weighted by atomic mass is 9.85. The quantitative estimate of drug-likeness (QED) is 0.860. The Balaban J connectivity index is 1.85. The molecule has 0 radical (unpaired) electrons. The van der Waals surface area contributed by atoms with E-state index in [9.17, 15) is 4.79 Å². The molecule has 19 heavy (non-hydrogen) atoms. The molecule has 1 saturated carbocycles. The predicted molar refractivity (Wildman–Crippen MR) is 75.1 cm³/mol. The number of rotatable bonds is 1. The zero-order valence-corrected chi connectivity index (χ0v) is 11.6. The van der Waals surface area contributed by atoms with E-state index in [2.05, 4.69) is 4.98 Å². The van der Waals surface area contributed by atoms with Gasteiger partial charge in [0, 0.05) is 12.6 Å². The van der Waals surface area contributed by atoms with E-state index < -0.39 is 0 Å². The highest BCUT2D eigenvalue weighted by Gasteiger charge is 2.39. The molecular formula is C14H18ClN3O. The van der Waals surface area contributed by atoms with Crippen molar-refractivity contribution < 1.29 is 4.79 Å². The van der Waals surface area contributed by atoms with E-state index in [0.717, 1.165) is 19.4 Å². The molecule has 4 nitrogen and oxygen atoms in total. The normalized spacial score (nSPS) is 26.3. The van der Waals surface area contributed by atoms with E-state index in [-0.39, 0.29) is 5.91 Å². The van der Waals surface area contributed by atoms with Crippen molar-refractivity contribution in [2.24, 2.45) is 5.92 Å². The molecule has 1 amide bonds. The summed E-state index contributed by atoms with van der Waals surface area (Å²) in [5.74, 6) is 0.941. The summed E-state index contributed by atoms with van der Waals surface area (Å²) in [6.07, 6.45) is 5.96. The van der Waals surface area contributed by atoms with Gasteiger partial charge in [0.1, 0.15) is 11.5 Å². The average Bonchev–Trinajstić information content (AvgIpc) is 2.84. The molecule has 1 saturated heterocycles. The van der Waals surface area contributed by atoms with Gasteiger partial charge in [0.15, 0.2) is 0 Å². The molecule has 102 valence electrons. The van der Waals surface area contributed by atoms with Gasteiger partial charge in [0.05, 0.1) is 5.02 Å². The molecule has 0 spiro atoms. The van der Waals surface area contributed by atoms with Crippen molar-refractivity contribution in [1.82, 2.24) is 9.88 Å². The van der Waals surface area contributed by atoms with Crippen molar-refractivity contribution in [3.05, 3.63) is 22.8 Å². The minimum Gasteiger partial charge on any atom is -0.384 e. The number of aromatic nitrogens is 1. The third-order valence-corrected chi connectivity index (χ3v) is 4.65. The summed E-state index contributed by atoms with van der Waals surface area (Å²) in [6.45, 7) is 0.820. The van der Waals surface area contributed by atoms with Crippen LogP contribution >= 0.6 is 11.6 Å². The molecule has 2 heterocycles. The SMILES string of the molecule is Nc1ccc(Cl)c(C(=O)N2CCC3CCCCC32)n1. The fourth-order valence-corrected chi connectivity index (χ4v) is 3.59. The minimum absolute atomic E-state index is 0.0632. The molecule has 2 unspecified atom stereocenters. The first-order valence-electron chi connectivity index (χ1n) is 6.90. The van der Waals surface area contributed by atoms with E-state index in [1.54, 1.807) is 12.1 Å². The van der Waals surface area contributed by atoms with Crippen LogP contribution in [0.1, 0.15) is 42.6 Å².